The third-order valence-corrected chi connectivity index (χ3v) is 13.7. The van der Waals surface area contributed by atoms with Gasteiger partial charge in [0.2, 0.25) is 11.9 Å². The summed E-state index contributed by atoms with van der Waals surface area (Å²) in [6.07, 6.45) is -2.08. The number of nitriles is 1. The molecule has 4 aromatic carbocycles. The first-order valence-corrected chi connectivity index (χ1v) is 23.8. The van der Waals surface area contributed by atoms with E-state index in [0.29, 0.717) is 11.5 Å². The van der Waals surface area contributed by atoms with E-state index in [2.05, 4.69) is 53.7 Å². The summed E-state index contributed by atoms with van der Waals surface area (Å²) in [4.78, 5) is 38.3. The summed E-state index contributed by atoms with van der Waals surface area (Å²) in [6, 6.07) is 37.3. The van der Waals surface area contributed by atoms with Gasteiger partial charge in [-0.15, -0.1) is 0 Å². The molecule has 0 radical (unpaired) electrons. The first-order valence-electron chi connectivity index (χ1n) is 22.7. The number of amides is 1. The summed E-state index contributed by atoms with van der Waals surface area (Å²) in [7, 11) is 1.38. The van der Waals surface area contributed by atoms with Crippen LogP contribution in [0.2, 0.25) is 0 Å². The van der Waals surface area contributed by atoms with E-state index in [0.717, 1.165) is 22.3 Å². The molecule has 16 nitrogen and oxygen atoms in total. The van der Waals surface area contributed by atoms with E-state index in [4.69, 9.17) is 37.7 Å². The summed E-state index contributed by atoms with van der Waals surface area (Å²) in [6.45, 7) is 12.0. The van der Waals surface area contributed by atoms with Crippen molar-refractivity contribution in [1.82, 2.24) is 24.2 Å². The first kappa shape index (κ1) is 49.9. The average molecular weight is 946 g/mol. The van der Waals surface area contributed by atoms with Crippen LogP contribution in [0.1, 0.15) is 76.4 Å². The molecule has 17 heteroatoms. The smallest absolute Gasteiger partial charge is 0.280 e. The Morgan fingerprint density at radius 1 is 0.868 bits per heavy atom. The Hall–Kier alpha value is -6.02. The molecule has 0 aliphatic carbocycles. The van der Waals surface area contributed by atoms with Gasteiger partial charge >= 0.3 is 0 Å². The molecule has 2 N–H and O–H groups in total. The van der Waals surface area contributed by atoms with Crippen molar-refractivity contribution < 1.29 is 37.5 Å². The molecule has 6 aromatic rings. The molecule has 7 rings (SSSR count). The summed E-state index contributed by atoms with van der Waals surface area (Å²) in [5.74, 6) is 0.604. The molecule has 2 aromatic heterocycles. The van der Waals surface area contributed by atoms with Crippen LogP contribution in [0.4, 0.5) is 5.95 Å². The highest BCUT2D eigenvalue weighted by atomic mass is 31.2. The van der Waals surface area contributed by atoms with Crippen LogP contribution < -0.4 is 20.3 Å². The van der Waals surface area contributed by atoms with Crippen molar-refractivity contribution in [3.8, 4) is 17.6 Å². The Bertz CT molecular complexity index is 2600. The fourth-order valence-electron chi connectivity index (χ4n) is 8.25. The lowest BCUT2D eigenvalue weighted by molar-refractivity contribution is -0.118. The van der Waals surface area contributed by atoms with Crippen LogP contribution in [-0.2, 0) is 40.3 Å². The van der Waals surface area contributed by atoms with Gasteiger partial charge in [-0.3, -0.25) is 24.5 Å². The molecular weight excluding hydrogens is 886 g/mol. The van der Waals surface area contributed by atoms with Crippen molar-refractivity contribution in [3.63, 3.8) is 0 Å². The lowest BCUT2D eigenvalue weighted by Gasteiger charge is -2.39. The Labute approximate surface area is 398 Å². The largest absolute Gasteiger partial charge is 0.497 e. The zero-order valence-corrected chi connectivity index (χ0v) is 40.6. The predicted molar refractivity (Wildman–Crippen MR) is 259 cm³/mol. The third kappa shape index (κ3) is 11.1. The van der Waals surface area contributed by atoms with Gasteiger partial charge in [0.05, 0.1) is 52.9 Å². The van der Waals surface area contributed by atoms with Gasteiger partial charge in [-0.2, -0.15) is 10.2 Å². The number of H-pyrrole nitrogens is 1. The standard InChI is InChI=1S/C51H60N7O9P/c1-33(2)47(59)55-50-54-46-43(48(60)56-50)53-32-57(46)49-45(63-30-36-16-11-9-12-17-36)44(67-68(65-29-15-28-52)58(34(3)4)35(5)6)42(66-49)31-64-51(37-18-13-10-14-19-37,38-20-24-40(61-7)25-21-38)39-22-26-41(62-8)27-23-39/h9-14,16-27,32-35,42,44-45,49H,15,29-31H2,1-8H3,(H2,54,55,56,59,60)/t42-,44-,45-,49-,68?/m1/s1. The van der Waals surface area contributed by atoms with E-state index < -0.39 is 44.2 Å². The number of hydrogen-bond acceptors (Lipinski definition) is 13. The molecule has 0 spiro atoms. The number of carbonyl (C=O) groups excluding carboxylic acids is 1. The topological polar surface area (TPSA) is 184 Å². The Morgan fingerprint density at radius 3 is 2.01 bits per heavy atom. The summed E-state index contributed by atoms with van der Waals surface area (Å²) in [5.41, 5.74) is 1.76. The monoisotopic (exact) mass is 945 g/mol. The van der Waals surface area contributed by atoms with E-state index >= 15 is 0 Å². The minimum absolute atomic E-state index is 0.0245. The zero-order valence-electron chi connectivity index (χ0n) is 39.7. The van der Waals surface area contributed by atoms with Crippen molar-refractivity contribution in [2.24, 2.45) is 5.92 Å². The Balaban J connectivity index is 1.41. The average Bonchev–Trinajstić information content (AvgIpc) is 3.92. The molecule has 358 valence electrons. The fraction of sp³-hybridized carbons (Fsp3) is 0.392. The molecular formula is C51H60N7O9P. The van der Waals surface area contributed by atoms with Gasteiger partial charge in [-0.05, 0) is 74.2 Å². The molecule has 0 bridgehead atoms. The fourth-order valence-corrected chi connectivity index (χ4v) is 10.0. The van der Waals surface area contributed by atoms with Crippen LogP contribution >= 0.6 is 8.53 Å². The van der Waals surface area contributed by atoms with Crippen molar-refractivity contribution in [2.45, 2.75) is 96.8 Å². The van der Waals surface area contributed by atoms with Crippen molar-refractivity contribution in [2.75, 3.05) is 32.8 Å². The van der Waals surface area contributed by atoms with Crippen molar-refractivity contribution in [3.05, 3.63) is 148 Å². The van der Waals surface area contributed by atoms with Crippen LogP contribution in [0.15, 0.2) is 120 Å². The second-order valence-electron chi connectivity index (χ2n) is 17.1. The number of hydrogen-bond donors (Lipinski definition) is 2. The van der Waals surface area contributed by atoms with Gasteiger partial charge in [0.25, 0.3) is 14.1 Å². The van der Waals surface area contributed by atoms with Gasteiger partial charge in [0.1, 0.15) is 35.4 Å². The maximum Gasteiger partial charge on any atom is 0.280 e. The number of carbonyl (C=O) groups is 1. The lowest BCUT2D eigenvalue weighted by Crippen LogP contribution is -2.43. The number of nitrogens with zero attached hydrogens (tertiary/aromatic N) is 5. The SMILES string of the molecule is COc1ccc(C(OC[C@H]2O[C@@H](n3cnc4c(=O)[nH]c(NC(=O)C(C)C)nc43)[C@H](OCc3ccccc3)[C@@H]2OP(OCCC#N)N(C(C)C)C(C)C)(c2ccccc2)c2ccc(OC)cc2)cc1. The molecule has 1 fully saturated rings. The molecule has 1 aliphatic heterocycles. The molecule has 1 amide bonds. The number of ether oxygens (including phenoxy) is 5. The second-order valence-corrected chi connectivity index (χ2v) is 18.5. The van der Waals surface area contributed by atoms with E-state index in [1.165, 1.54) is 6.33 Å². The minimum atomic E-state index is -1.87. The maximum atomic E-state index is 13.6. The molecule has 1 unspecified atom stereocenters. The van der Waals surface area contributed by atoms with Gasteiger partial charge < -0.3 is 32.7 Å². The Morgan fingerprint density at radius 2 is 1.46 bits per heavy atom. The summed E-state index contributed by atoms with van der Waals surface area (Å²) < 4.78 is 50.4. The number of benzene rings is 4. The van der Waals surface area contributed by atoms with E-state index in [9.17, 15) is 14.9 Å². The number of aromatic nitrogens is 4. The number of imidazole rings is 1. The molecule has 0 saturated carbocycles. The van der Waals surface area contributed by atoms with Crippen molar-refractivity contribution in [1.29, 1.82) is 5.26 Å². The molecule has 1 aliphatic rings. The van der Waals surface area contributed by atoms with Crippen LogP contribution in [0.3, 0.4) is 0 Å². The number of anilines is 1. The molecule has 5 atom stereocenters. The quantitative estimate of drug-likeness (QED) is 0.0374. The normalized spacial score (nSPS) is 17.8. The highest BCUT2D eigenvalue weighted by molar-refractivity contribution is 7.44. The first-order chi connectivity index (χ1) is 32.9. The van der Waals surface area contributed by atoms with Crippen LogP contribution in [-0.4, -0.2) is 87.9 Å². The van der Waals surface area contributed by atoms with E-state index in [1.807, 2.05) is 109 Å². The predicted octanol–water partition coefficient (Wildman–Crippen LogP) is 8.88. The van der Waals surface area contributed by atoms with Gasteiger partial charge in [-0.25, -0.2) is 9.65 Å². The van der Waals surface area contributed by atoms with Gasteiger partial charge in [0, 0.05) is 18.0 Å². The number of aromatic amines is 1. The number of fused-ring (bicyclic) bond motifs is 1. The van der Waals surface area contributed by atoms with Crippen LogP contribution in [0.5, 0.6) is 11.5 Å². The van der Waals surface area contributed by atoms with Crippen molar-refractivity contribution >= 4 is 31.5 Å². The zero-order chi connectivity index (χ0) is 48.4. The van der Waals surface area contributed by atoms with Crippen LogP contribution in [0, 0.1) is 17.2 Å². The molecule has 3 heterocycles. The van der Waals surface area contributed by atoms with Gasteiger partial charge in [0.15, 0.2) is 17.4 Å². The summed E-state index contributed by atoms with van der Waals surface area (Å²) >= 11 is 0. The second kappa shape index (κ2) is 22.9. The lowest BCUT2D eigenvalue weighted by atomic mass is 9.80. The van der Waals surface area contributed by atoms with E-state index in [-0.39, 0.29) is 67.3 Å². The maximum absolute atomic E-state index is 13.6. The third-order valence-electron chi connectivity index (χ3n) is 11.6. The Kier molecular flexibility index (Phi) is 16.8. The minimum Gasteiger partial charge on any atom is -0.497 e. The number of rotatable bonds is 22. The van der Waals surface area contributed by atoms with Gasteiger partial charge in [-0.1, -0.05) is 98.8 Å². The highest BCUT2D eigenvalue weighted by Crippen LogP contribution is 2.51. The van der Waals surface area contributed by atoms with E-state index in [1.54, 1.807) is 32.6 Å². The number of methoxy groups -OCH3 is 2. The summed E-state index contributed by atoms with van der Waals surface area (Å²) in [5, 5.41) is 12.3. The van der Waals surface area contributed by atoms with Crippen LogP contribution in [0.25, 0.3) is 11.2 Å². The highest BCUT2D eigenvalue weighted by Gasteiger charge is 2.52. The molecule has 68 heavy (non-hydrogen) atoms. The number of nitrogens with one attached hydrogen (secondary N) is 2. The molecule has 1 saturated heterocycles.